The quantitative estimate of drug-likeness (QED) is 0.559. The van der Waals surface area contributed by atoms with E-state index >= 15 is 0 Å². The molecule has 0 fully saturated rings. The van der Waals surface area contributed by atoms with Gasteiger partial charge in [0.15, 0.2) is 0 Å². The number of allylic oxidation sites excluding steroid dienone is 3. The first kappa shape index (κ1) is 23.0. The van der Waals surface area contributed by atoms with Gasteiger partial charge >= 0.3 is 0 Å². The molecule has 1 aromatic carbocycles. The molecule has 158 valence electrons. The Bertz CT molecular complexity index is 850. The SMILES string of the molecule is CCC(CNC)CN(CC)c1nc(C/C(F)=C\C=C/CO)nc2cc(C)ccc12. The van der Waals surface area contributed by atoms with E-state index in [4.69, 9.17) is 10.1 Å². The molecule has 1 aromatic heterocycles. The van der Waals surface area contributed by atoms with Crippen LogP contribution < -0.4 is 10.2 Å². The van der Waals surface area contributed by atoms with Crippen LogP contribution in [0, 0.1) is 12.8 Å². The Morgan fingerprint density at radius 1 is 1.31 bits per heavy atom. The number of nitrogens with one attached hydrogen (secondary N) is 1. The summed E-state index contributed by atoms with van der Waals surface area (Å²) in [6.45, 7) is 8.87. The highest BCUT2D eigenvalue weighted by molar-refractivity contribution is 5.90. The first-order valence-electron chi connectivity index (χ1n) is 10.3. The third-order valence-corrected chi connectivity index (χ3v) is 4.95. The molecule has 0 aliphatic heterocycles. The molecule has 6 heteroatoms. The number of nitrogens with zero attached hydrogens (tertiary/aromatic N) is 3. The molecule has 0 aliphatic carbocycles. The third kappa shape index (κ3) is 6.61. The van der Waals surface area contributed by atoms with Crippen LogP contribution in [-0.2, 0) is 6.42 Å². The highest BCUT2D eigenvalue weighted by atomic mass is 19.1. The number of aryl methyl sites for hydroxylation is 1. The summed E-state index contributed by atoms with van der Waals surface area (Å²) in [4.78, 5) is 11.6. The molecule has 2 rings (SSSR count). The maximum atomic E-state index is 14.3. The van der Waals surface area contributed by atoms with Crippen molar-refractivity contribution in [3.8, 4) is 0 Å². The molecule has 0 saturated carbocycles. The van der Waals surface area contributed by atoms with Crippen LogP contribution in [0.15, 0.2) is 42.3 Å². The zero-order valence-corrected chi connectivity index (χ0v) is 18.0. The van der Waals surface area contributed by atoms with Gasteiger partial charge in [-0.2, -0.15) is 0 Å². The van der Waals surface area contributed by atoms with E-state index < -0.39 is 0 Å². The lowest BCUT2D eigenvalue weighted by molar-refractivity contribution is 0.342. The number of hydrogen-bond donors (Lipinski definition) is 2. The Morgan fingerprint density at radius 3 is 2.76 bits per heavy atom. The van der Waals surface area contributed by atoms with Crippen LogP contribution in [0.5, 0.6) is 0 Å². The van der Waals surface area contributed by atoms with Crippen molar-refractivity contribution in [3.63, 3.8) is 0 Å². The van der Waals surface area contributed by atoms with Gasteiger partial charge < -0.3 is 15.3 Å². The zero-order valence-electron chi connectivity index (χ0n) is 18.0. The van der Waals surface area contributed by atoms with Gasteiger partial charge in [0.2, 0.25) is 0 Å². The number of aromatic nitrogens is 2. The minimum atomic E-state index is -0.336. The smallest absolute Gasteiger partial charge is 0.140 e. The molecule has 0 amide bonds. The summed E-state index contributed by atoms with van der Waals surface area (Å²) in [5.74, 6) is 1.49. The van der Waals surface area contributed by atoms with E-state index in [1.807, 2.05) is 20.0 Å². The maximum absolute atomic E-state index is 14.3. The lowest BCUT2D eigenvalue weighted by Gasteiger charge is -2.28. The lowest BCUT2D eigenvalue weighted by Crippen LogP contribution is -2.34. The average molecular weight is 401 g/mol. The molecule has 0 spiro atoms. The molecule has 0 radical (unpaired) electrons. The Labute approximate surface area is 173 Å². The van der Waals surface area contributed by atoms with E-state index in [-0.39, 0.29) is 18.9 Å². The first-order chi connectivity index (χ1) is 14.0. The molecule has 2 aromatic rings. The molecule has 5 nitrogen and oxygen atoms in total. The van der Waals surface area contributed by atoms with Crippen molar-refractivity contribution in [1.82, 2.24) is 15.3 Å². The number of benzene rings is 1. The van der Waals surface area contributed by atoms with Gasteiger partial charge in [-0.25, -0.2) is 14.4 Å². The van der Waals surface area contributed by atoms with Gasteiger partial charge in [-0.3, -0.25) is 0 Å². The van der Waals surface area contributed by atoms with Gasteiger partial charge in [0.25, 0.3) is 0 Å². The van der Waals surface area contributed by atoms with Gasteiger partial charge in [0.05, 0.1) is 18.5 Å². The van der Waals surface area contributed by atoms with Crippen molar-refractivity contribution in [2.45, 2.75) is 33.6 Å². The number of halogens is 1. The van der Waals surface area contributed by atoms with E-state index in [0.717, 1.165) is 48.3 Å². The van der Waals surface area contributed by atoms with E-state index in [2.05, 4.69) is 41.2 Å². The highest BCUT2D eigenvalue weighted by Crippen LogP contribution is 2.26. The average Bonchev–Trinajstić information content (AvgIpc) is 2.70. The van der Waals surface area contributed by atoms with Crippen molar-refractivity contribution in [2.75, 3.05) is 38.2 Å². The fourth-order valence-electron chi connectivity index (χ4n) is 3.34. The van der Waals surface area contributed by atoms with Gasteiger partial charge in [0, 0.05) is 18.5 Å². The summed E-state index contributed by atoms with van der Waals surface area (Å²) >= 11 is 0. The minimum absolute atomic E-state index is 0.0257. The second kappa shape index (κ2) is 11.6. The number of aliphatic hydroxyl groups excluding tert-OH is 1. The van der Waals surface area contributed by atoms with Crippen LogP contribution >= 0.6 is 0 Å². The lowest BCUT2D eigenvalue weighted by atomic mass is 10.1. The van der Waals surface area contributed by atoms with E-state index in [9.17, 15) is 4.39 Å². The largest absolute Gasteiger partial charge is 0.392 e. The molecule has 1 heterocycles. The molecule has 29 heavy (non-hydrogen) atoms. The van der Waals surface area contributed by atoms with Crippen molar-refractivity contribution in [2.24, 2.45) is 5.92 Å². The maximum Gasteiger partial charge on any atom is 0.140 e. The monoisotopic (exact) mass is 400 g/mol. The summed E-state index contributed by atoms with van der Waals surface area (Å²) in [6.07, 6.45) is 5.43. The fraction of sp³-hybridized carbons (Fsp3) is 0.478. The molecular weight excluding hydrogens is 367 g/mol. The topological polar surface area (TPSA) is 61.3 Å². The molecule has 0 aliphatic rings. The number of anilines is 1. The van der Waals surface area contributed by atoms with Crippen molar-refractivity contribution in [1.29, 1.82) is 0 Å². The fourth-order valence-corrected chi connectivity index (χ4v) is 3.34. The summed E-state index contributed by atoms with van der Waals surface area (Å²) in [5.41, 5.74) is 1.95. The normalized spacial score (nSPS) is 13.4. The van der Waals surface area contributed by atoms with Crippen molar-refractivity contribution in [3.05, 3.63) is 53.6 Å². The molecule has 1 atom stereocenters. The van der Waals surface area contributed by atoms with E-state index in [0.29, 0.717) is 11.7 Å². The van der Waals surface area contributed by atoms with Crippen molar-refractivity contribution >= 4 is 16.7 Å². The van der Waals surface area contributed by atoms with Crippen LogP contribution in [0.3, 0.4) is 0 Å². The van der Waals surface area contributed by atoms with Gasteiger partial charge in [-0.15, -0.1) is 0 Å². The second-order valence-corrected chi connectivity index (χ2v) is 7.26. The third-order valence-electron chi connectivity index (χ3n) is 4.95. The second-order valence-electron chi connectivity index (χ2n) is 7.26. The summed E-state index contributed by atoms with van der Waals surface area (Å²) < 4.78 is 14.3. The van der Waals surface area contributed by atoms with Gasteiger partial charge in [0.1, 0.15) is 17.5 Å². The Balaban J connectivity index is 2.45. The number of hydrogen-bond acceptors (Lipinski definition) is 5. The van der Waals surface area contributed by atoms with Crippen LogP contribution in [-0.4, -0.2) is 48.4 Å². The van der Waals surface area contributed by atoms with Crippen molar-refractivity contribution < 1.29 is 9.50 Å². The Kier molecular flexibility index (Phi) is 9.22. The number of fused-ring (bicyclic) bond motifs is 1. The number of aliphatic hydroxyl groups is 1. The summed E-state index contributed by atoms with van der Waals surface area (Å²) in [5, 5.41) is 13.1. The van der Waals surface area contributed by atoms with Crippen LogP contribution in [0.4, 0.5) is 10.2 Å². The molecule has 0 saturated heterocycles. The van der Waals surface area contributed by atoms with E-state index in [1.54, 1.807) is 0 Å². The summed E-state index contributed by atoms with van der Waals surface area (Å²) in [7, 11) is 1.97. The highest BCUT2D eigenvalue weighted by Gasteiger charge is 2.17. The molecular formula is C23H33FN4O. The summed E-state index contributed by atoms with van der Waals surface area (Å²) in [6, 6.07) is 6.14. The Hall–Kier alpha value is -2.31. The molecule has 2 N–H and O–H groups in total. The Morgan fingerprint density at radius 2 is 2.10 bits per heavy atom. The predicted molar refractivity (Wildman–Crippen MR) is 119 cm³/mol. The zero-order chi connectivity index (χ0) is 21.2. The van der Waals surface area contributed by atoms with Crippen LogP contribution in [0.2, 0.25) is 0 Å². The minimum Gasteiger partial charge on any atom is -0.392 e. The number of rotatable bonds is 11. The standard InChI is InChI=1S/C23H33FN4O/c1-5-18(15-25-4)16-28(6-2)23-20-11-10-17(3)13-21(20)26-22(27-23)14-19(24)9-7-8-12-29/h7-11,13,18,25,29H,5-6,12,14-16H2,1-4H3/b8-7-,19-9+. The van der Waals surface area contributed by atoms with Gasteiger partial charge in [-0.1, -0.05) is 31.6 Å². The van der Waals surface area contributed by atoms with Gasteiger partial charge in [-0.05, 0) is 57.1 Å². The van der Waals surface area contributed by atoms with Crippen LogP contribution in [0.25, 0.3) is 10.9 Å². The van der Waals surface area contributed by atoms with Crippen LogP contribution in [0.1, 0.15) is 31.7 Å². The first-order valence-corrected chi connectivity index (χ1v) is 10.3. The van der Waals surface area contributed by atoms with E-state index in [1.165, 1.54) is 18.2 Å². The molecule has 0 bridgehead atoms. The predicted octanol–water partition coefficient (Wildman–Crippen LogP) is 3.95. The molecule has 1 unspecified atom stereocenters.